The van der Waals surface area contributed by atoms with E-state index < -0.39 is 0 Å². The number of hydrogen-bond donors (Lipinski definition) is 0. The first kappa shape index (κ1) is 21.2. The molecule has 0 aromatic heterocycles. The van der Waals surface area contributed by atoms with E-state index in [1.54, 1.807) is 0 Å². The van der Waals surface area contributed by atoms with Gasteiger partial charge < -0.3 is 4.74 Å². The molecule has 0 radical (unpaired) electrons. The first-order chi connectivity index (χ1) is 13.2. The van der Waals surface area contributed by atoms with Crippen molar-refractivity contribution >= 4 is 5.97 Å². The van der Waals surface area contributed by atoms with Crippen molar-refractivity contribution in [3.05, 3.63) is 0 Å². The molecule has 3 fully saturated rings. The SMILES string of the molecule is CCCCC[C@]12CCCC[C@@H]1CCCC2C1CCC(C(=O)OCCC)CC1. The predicted molar refractivity (Wildman–Crippen MR) is 113 cm³/mol. The van der Waals surface area contributed by atoms with Gasteiger partial charge >= 0.3 is 5.97 Å². The molecular weight excluding hydrogens is 332 g/mol. The zero-order valence-corrected chi connectivity index (χ0v) is 18.1. The van der Waals surface area contributed by atoms with E-state index >= 15 is 0 Å². The fraction of sp³-hybridized carbons (Fsp3) is 0.960. The van der Waals surface area contributed by atoms with Gasteiger partial charge in [0.2, 0.25) is 0 Å². The van der Waals surface area contributed by atoms with Crippen LogP contribution in [0.25, 0.3) is 0 Å². The Kier molecular flexibility index (Phi) is 8.09. The molecule has 3 saturated carbocycles. The van der Waals surface area contributed by atoms with Crippen LogP contribution in [0.4, 0.5) is 0 Å². The first-order valence-electron chi connectivity index (χ1n) is 12.4. The molecule has 1 unspecified atom stereocenters. The van der Waals surface area contributed by atoms with E-state index in [2.05, 4.69) is 13.8 Å². The van der Waals surface area contributed by atoms with E-state index in [0.717, 1.165) is 37.0 Å². The van der Waals surface area contributed by atoms with Gasteiger partial charge in [0.25, 0.3) is 0 Å². The molecule has 0 spiro atoms. The molecule has 3 aliphatic rings. The maximum Gasteiger partial charge on any atom is 0.308 e. The Balaban J connectivity index is 1.64. The highest BCUT2D eigenvalue weighted by Gasteiger charge is 2.50. The minimum absolute atomic E-state index is 0.0900. The molecule has 3 atom stereocenters. The second-order valence-electron chi connectivity index (χ2n) is 9.95. The zero-order chi connectivity index (χ0) is 19.1. The number of carbonyl (C=O) groups is 1. The summed E-state index contributed by atoms with van der Waals surface area (Å²) < 4.78 is 5.44. The molecular formula is C25H44O2. The minimum Gasteiger partial charge on any atom is -0.465 e. The van der Waals surface area contributed by atoms with Gasteiger partial charge in [-0.3, -0.25) is 4.79 Å². The van der Waals surface area contributed by atoms with E-state index in [4.69, 9.17) is 4.74 Å². The Morgan fingerprint density at radius 1 is 0.889 bits per heavy atom. The van der Waals surface area contributed by atoms with Gasteiger partial charge in [-0.25, -0.2) is 0 Å². The van der Waals surface area contributed by atoms with Gasteiger partial charge in [-0.15, -0.1) is 0 Å². The molecule has 0 saturated heterocycles. The summed E-state index contributed by atoms with van der Waals surface area (Å²) in [4.78, 5) is 12.3. The van der Waals surface area contributed by atoms with Crippen molar-refractivity contribution in [3.8, 4) is 0 Å². The second-order valence-corrected chi connectivity index (χ2v) is 9.95. The quantitative estimate of drug-likeness (QED) is 0.328. The number of carbonyl (C=O) groups excluding carboxylic acids is 1. The molecule has 0 aromatic carbocycles. The van der Waals surface area contributed by atoms with Crippen LogP contribution in [-0.2, 0) is 9.53 Å². The lowest BCUT2D eigenvalue weighted by atomic mass is 9.49. The van der Waals surface area contributed by atoms with Gasteiger partial charge in [0, 0.05) is 0 Å². The average Bonchev–Trinajstić information content (AvgIpc) is 2.72. The van der Waals surface area contributed by atoms with Crippen LogP contribution >= 0.6 is 0 Å². The maximum absolute atomic E-state index is 12.3. The normalized spacial score (nSPS) is 36.8. The van der Waals surface area contributed by atoms with E-state index in [1.165, 1.54) is 83.5 Å². The third-order valence-corrected chi connectivity index (χ3v) is 8.43. The van der Waals surface area contributed by atoms with Crippen molar-refractivity contribution in [1.82, 2.24) is 0 Å². The molecule has 0 aliphatic heterocycles. The lowest BCUT2D eigenvalue weighted by Gasteiger charge is -2.56. The van der Waals surface area contributed by atoms with Gasteiger partial charge in [0.05, 0.1) is 12.5 Å². The third kappa shape index (κ3) is 4.91. The number of esters is 1. The molecule has 0 bridgehead atoms. The monoisotopic (exact) mass is 376 g/mol. The standard InChI is InChI=1S/C25H44O2/c1-3-5-7-17-25-18-8-6-10-22(25)11-9-12-23(25)20-13-15-21(16-14-20)24(26)27-19-4-2/h20-23H,3-19H2,1-2H3/t20?,21?,22-,23?,25+/m1/s1. The highest BCUT2D eigenvalue weighted by Crippen LogP contribution is 2.60. The third-order valence-electron chi connectivity index (χ3n) is 8.43. The lowest BCUT2D eigenvalue weighted by Crippen LogP contribution is -2.47. The average molecular weight is 377 g/mol. The molecule has 27 heavy (non-hydrogen) atoms. The van der Waals surface area contributed by atoms with Crippen LogP contribution in [0.1, 0.15) is 117 Å². The van der Waals surface area contributed by atoms with Gasteiger partial charge in [-0.2, -0.15) is 0 Å². The Morgan fingerprint density at radius 3 is 2.41 bits per heavy atom. The Morgan fingerprint density at radius 2 is 1.67 bits per heavy atom. The van der Waals surface area contributed by atoms with Crippen molar-refractivity contribution in [2.45, 2.75) is 117 Å². The van der Waals surface area contributed by atoms with E-state index in [1.807, 2.05) is 0 Å². The van der Waals surface area contributed by atoms with Crippen LogP contribution in [0.15, 0.2) is 0 Å². The summed E-state index contributed by atoms with van der Waals surface area (Å²) >= 11 is 0. The highest BCUT2D eigenvalue weighted by molar-refractivity contribution is 5.72. The fourth-order valence-electron chi connectivity index (χ4n) is 7.13. The van der Waals surface area contributed by atoms with Crippen molar-refractivity contribution in [2.24, 2.45) is 29.1 Å². The van der Waals surface area contributed by atoms with Crippen molar-refractivity contribution < 1.29 is 9.53 Å². The molecule has 0 N–H and O–H groups in total. The summed E-state index contributed by atoms with van der Waals surface area (Å²) in [6, 6.07) is 0. The van der Waals surface area contributed by atoms with Gasteiger partial charge in [-0.1, -0.05) is 52.4 Å². The second kappa shape index (κ2) is 10.3. The Labute approximate surface area is 168 Å². The topological polar surface area (TPSA) is 26.3 Å². The van der Waals surface area contributed by atoms with E-state index in [9.17, 15) is 4.79 Å². The van der Waals surface area contributed by atoms with E-state index in [-0.39, 0.29) is 11.9 Å². The van der Waals surface area contributed by atoms with Gasteiger partial charge in [-0.05, 0) is 87.4 Å². The number of rotatable bonds is 8. The summed E-state index contributed by atoms with van der Waals surface area (Å²) in [5.41, 5.74) is 0.659. The molecule has 0 amide bonds. The summed E-state index contributed by atoms with van der Waals surface area (Å²) in [7, 11) is 0. The Hall–Kier alpha value is -0.530. The van der Waals surface area contributed by atoms with Crippen LogP contribution < -0.4 is 0 Å². The predicted octanol–water partition coefficient (Wildman–Crippen LogP) is 7.30. The fourth-order valence-corrected chi connectivity index (χ4v) is 7.13. The first-order valence-corrected chi connectivity index (χ1v) is 12.4. The molecule has 2 heteroatoms. The van der Waals surface area contributed by atoms with Crippen LogP contribution in [0, 0.1) is 29.1 Å². The highest BCUT2D eigenvalue weighted by atomic mass is 16.5. The molecule has 2 nitrogen and oxygen atoms in total. The molecule has 3 rings (SSSR count). The maximum atomic E-state index is 12.3. The van der Waals surface area contributed by atoms with Crippen LogP contribution in [0.2, 0.25) is 0 Å². The van der Waals surface area contributed by atoms with Crippen LogP contribution in [0.5, 0.6) is 0 Å². The number of unbranched alkanes of at least 4 members (excludes halogenated alkanes) is 2. The summed E-state index contributed by atoms with van der Waals surface area (Å²) in [6.07, 6.45) is 21.7. The molecule has 3 aliphatic carbocycles. The largest absolute Gasteiger partial charge is 0.465 e. The van der Waals surface area contributed by atoms with Crippen LogP contribution in [0.3, 0.4) is 0 Å². The lowest BCUT2D eigenvalue weighted by molar-refractivity contribution is -0.150. The minimum atomic E-state index is 0.0900. The zero-order valence-electron chi connectivity index (χ0n) is 18.1. The Bertz CT molecular complexity index is 449. The smallest absolute Gasteiger partial charge is 0.308 e. The van der Waals surface area contributed by atoms with E-state index in [0.29, 0.717) is 12.0 Å². The van der Waals surface area contributed by atoms with Gasteiger partial charge in [0.1, 0.15) is 0 Å². The van der Waals surface area contributed by atoms with Crippen molar-refractivity contribution in [1.29, 1.82) is 0 Å². The summed E-state index contributed by atoms with van der Waals surface area (Å²) in [6.45, 7) is 5.02. The molecule has 0 heterocycles. The van der Waals surface area contributed by atoms with Crippen LogP contribution in [-0.4, -0.2) is 12.6 Å². The number of ether oxygens (including phenoxy) is 1. The van der Waals surface area contributed by atoms with Crippen molar-refractivity contribution in [3.63, 3.8) is 0 Å². The van der Waals surface area contributed by atoms with Crippen molar-refractivity contribution in [2.75, 3.05) is 6.61 Å². The molecule has 0 aromatic rings. The van der Waals surface area contributed by atoms with Gasteiger partial charge in [0.15, 0.2) is 0 Å². The summed E-state index contributed by atoms with van der Waals surface area (Å²) in [5.74, 6) is 3.11. The number of hydrogen-bond acceptors (Lipinski definition) is 2. The number of fused-ring (bicyclic) bond motifs is 1. The summed E-state index contributed by atoms with van der Waals surface area (Å²) in [5, 5.41) is 0. The molecule has 156 valence electrons.